The third kappa shape index (κ3) is 6.09. The Kier molecular flexibility index (Phi) is 6.43. The van der Waals surface area contributed by atoms with Crippen molar-refractivity contribution in [1.29, 1.82) is 0 Å². The van der Waals surface area contributed by atoms with Gasteiger partial charge in [0.25, 0.3) is 0 Å². The molecule has 0 saturated carbocycles. The van der Waals surface area contributed by atoms with E-state index in [2.05, 4.69) is 43.1 Å². The van der Waals surface area contributed by atoms with E-state index < -0.39 is 0 Å². The van der Waals surface area contributed by atoms with Crippen LogP contribution < -0.4 is 5.32 Å². The van der Waals surface area contributed by atoms with E-state index in [0.29, 0.717) is 0 Å². The maximum Gasteiger partial charge on any atom is 0.0261 e. The van der Waals surface area contributed by atoms with Gasteiger partial charge in [-0.25, -0.2) is 5.32 Å². The van der Waals surface area contributed by atoms with Crippen molar-refractivity contribution in [1.82, 2.24) is 10.2 Å². The van der Waals surface area contributed by atoms with E-state index in [1.165, 1.54) is 24.0 Å². The SMILES string of the molecule is CC(C)=CCC/C(C)=C/CN1CC[N]CC1. The minimum atomic E-state index is 1.02. The number of piperazine rings is 1. The van der Waals surface area contributed by atoms with Crippen LogP contribution in [0.4, 0.5) is 0 Å². The van der Waals surface area contributed by atoms with Gasteiger partial charge in [-0.3, -0.25) is 4.90 Å². The van der Waals surface area contributed by atoms with Crippen LogP contribution in [0.1, 0.15) is 33.6 Å². The molecule has 0 unspecified atom stereocenters. The molecule has 0 aromatic heterocycles. The lowest BCUT2D eigenvalue weighted by Gasteiger charge is -2.25. The van der Waals surface area contributed by atoms with Gasteiger partial charge in [0.1, 0.15) is 0 Å². The molecule has 2 heteroatoms. The van der Waals surface area contributed by atoms with Crippen molar-refractivity contribution in [2.24, 2.45) is 0 Å². The Morgan fingerprint density at radius 1 is 1.12 bits per heavy atom. The van der Waals surface area contributed by atoms with Crippen molar-refractivity contribution in [3.8, 4) is 0 Å². The van der Waals surface area contributed by atoms with E-state index in [1.54, 1.807) is 0 Å². The highest BCUT2D eigenvalue weighted by Gasteiger charge is 2.07. The first kappa shape index (κ1) is 13.5. The summed E-state index contributed by atoms with van der Waals surface area (Å²) in [6.07, 6.45) is 7.07. The summed E-state index contributed by atoms with van der Waals surface area (Å²) in [5.41, 5.74) is 2.94. The summed E-state index contributed by atoms with van der Waals surface area (Å²) in [4.78, 5) is 2.48. The molecule has 1 radical (unpaired) electrons. The van der Waals surface area contributed by atoms with E-state index >= 15 is 0 Å². The molecule has 1 saturated heterocycles. The molecular formula is C14H25N2. The van der Waals surface area contributed by atoms with E-state index in [-0.39, 0.29) is 0 Å². The van der Waals surface area contributed by atoms with Gasteiger partial charge in [0.05, 0.1) is 0 Å². The Balaban J connectivity index is 2.19. The van der Waals surface area contributed by atoms with Gasteiger partial charge in [0.2, 0.25) is 0 Å². The first-order valence-corrected chi connectivity index (χ1v) is 6.33. The van der Waals surface area contributed by atoms with Crippen LogP contribution >= 0.6 is 0 Å². The van der Waals surface area contributed by atoms with Crippen molar-refractivity contribution < 1.29 is 0 Å². The topological polar surface area (TPSA) is 17.3 Å². The van der Waals surface area contributed by atoms with Gasteiger partial charge in [-0.05, 0) is 33.6 Å². The lowest BCUT2D eigenvalue weighted by Crippen LogP contribution is -2.40. The molecule has 1 aliphatic heterocycles. The van der Waals surface area contributed by atoms with E-state index in [9.17, 15) is 0 Å². The molecule has 0 spiro atoms. The smallest absolute Gasteiger partial charge is 0.0261 e. The summed E-state index contributed by atoms with van der Waals surface area (Å²) in [7, 11) is 0. The Labute approximate surface area is 100 Å². The Bertz CT molecular complexity index is 243. The maximum atomic E-state index is 4.35. The fraction of sp³-hybridized carbons (Fsp3) is 0.714. The van der Waals surface area contributed by atoms with Crippen molar-refractivity contribution in [2.45, 2.75) is 33.6 Å². The maximum absolute atomic E-state index is 4.35. The summed E-state index contributed by atoms with van der Waals surface area (Å²) in [6, 6.07) is 0. The number of hydrogen-bond donors (Lipinski definition) is 0. The van der Waals surface area contributed by atoms with Crippen LogP contribution in [-0.2, 0) is 0 Å². The lowest BCUT2D eigenvalue weighted by atomic mass is 10.1. The number of rotatable bonds is 5. The van der Waals surface area contributed by atoms with Crippen molar-refractivity contribution in [3.05, 3.63) is 23.3 Å². The minimum absolute atomic E-state index is 1.02. The van der Waals surface area contributed by atoms with Gasteiger partial charge in [0.15, 0.2) is 0 Å². The highest BCUT2D eigenvalue weighted by Crippen LogP contribution is 2.07. The third-order valence-corrected chi connectivity index (χ3v) is 2.94. The van der Waals surface area contributed by atoms with Crippen molar-refractivity contribution in [2.75, 3.05) is 32.7 Å². The highest BCUT2D eigenvalue weighted by atomic mass is 15.2. The van der Waals surface area contributed by atoms with Crippen LogP contribution in [0.3, 0.4) is 0 Å². The summed E-state index contributed by atoms with van der Waals surface area (Å²) in [5, 5.41) is 4.35. The quantitative estimate of drug-likeness (QED) is 0.652. The van der Waals surface area contributed by atoms with Crippen molar-refractivity contribution in [3.63, 3.8) is 0 Å². The van der Waals surface area contributed by atoms with Gasteiger partial charge in [-0.2, -0.15) is 0 Å². The number of nitrogens with zero attached hydrogens (tertiary/aromatic N) is 2. The Morgan fingerprint density at radius 3 is 2.44 bits per heavy atom. The number of allylic oxidation sites excluding steroid dienone is 3. The van der Waals surface area contributed by atoms with E-state index in [0.717, 1.165) is 32.7 Å². The fourth-order valence-electron chi connectivity index (χ4n) is 1.81. The van der Waals surface area contributed by atoms with Crippen LogP contribution in [0, 0.1) is 0 Å². The molecule has 16 heavy (non-hydrogen) atoms. The van der Waals surface area contributed by atoms with Gasteiger partial charge in [-0.1, -0.05) is 23.3 Å². The van der Waals surface area contributed by atoms with Crippen LogP contribution in [0.5, 0.6) is 0 Å². The average molecular weight is 221 g/mol. The monoisotopic (exact) mass is 221 g/mol. The molecule has 0 aromatic rings. The van der Waals surface area contributed by atoms with Gasteiger partial charge in [0, 0.05) is 32.7 Å². The fourth-order valence-corrected chi connectivity index (χ4v) is 1.81. The molecular weight excluding hydrogens is 196 g/mol. The second-order valence-corrected chi connectivity index (χ2v) is 4.84. The van der Waals surface area contributed by atoms with Crippen molar-refractivity contribution >= 4 is 0 Å². The largest absolute Gasteiger partial charge is 0.297 e. The molecule has 1 rings (SSSR count). The third-order valence-electron chi connectivity index (χ3n) is 2.94. The molecule has 1 heterocycles. The van der Waals surface area contributed by atoms with Crippen LogP contribution in [0.15, 0.2) is 23.3 Å². The molecule has 0 aliphatic carbocycles. The second kappa shape index (κ2) is 7.64. The summed E-state index contributed by atoms with van der Waals surface area (Å²) in [6.45, 7) is 12.0. The minimum Gasteiger partial charge on any atom is -0.297 e. The van der Waals surface area contributed by atoms with Gasteiger partial charge < -0.3 is 0 Å². The predicted octanol–water partition coefficient (Wildman–Crippen LogP) is 2.60. The van der Waals surface area contributed by atoms with Crippen LogP contribution in [0.25, 0.3) is 0 Å². The molecule has 0 bridgehead atoms. The molecule has 1 fully saturated rings. The van der Waals surface area contributed by atoms with Crippen LogP contribution in [-0.4, -0.2) is 37.6 Å². The van der Waals surface area contributed by atoms with E-state index in [1.807, 2.05) is 0 Å². The second-order valence-electron chi connectivity index (χ2n) is 4.84. The first-order chi connectivity index (χ1) is 7.68. The zero-order valence-electron chi connectivity index (χ0n) is 11.0. The van der Waals surface area contributed by atoms with Gasteiger partial charge in [-0.15, -0.1) is 0 Å². The molecule has 1 aliphatic rings. The average Bonchev–Trinajstić information content (AvgIpc) is 2.27. The molecule has 2 nitrogen and oxygen atoms in total. The summed E-state index contributed by atoms with van der Waals surface area (Å²) < 4.78 is 0. The normalized spacial score (nSPS) is 18.6. The zero-order chi connectivity index (χ0) is 11.8. The Morgan fingerprint density at radius 2 is 1.81 bits per heavy atom. The number of hydrogen-bond acceptors (Lipinski definition) is 1. The zero-order valence-corrected chi connectivity index (χ0v) is 11.0. The standard InChI is InChI=1S/C14H25N2/c1-13(2)5-4-6-14(3)7-10-16-11-8-15-9-12-16/h5,7H,4,6,8-12H2,1-3H3/b14-7+. The predicted molar refractivity (Wildman–Crippen MR) is 70.7 cm³/mol. The van der Waals surface area contributed by atoms with Crippen LogP contribution in [0.2, 0.25) is 0 Å². The molecule has 0 amide bonds. The van der Waals surface area contributed by atoms with E-state index in [4.69, 9.17) is 0 Å². The van der Waals surface area contributed by atoms with Gasteiger partial charge >= 0.3 is 0 Å². The molecule has 0 aromatic carbocycles. The summed E-state index contributed by atoms with van der Waals surface area (Å²) >= 11 is 0. The lowest BCUT2D eigenvalue weighted by molar-refractivity contribution is 0.261. The summed E-state index contributed by atoms with van der Waals surface area (Å²) in [5.74, 6) is 0. The molecule has 0 atom stereocenters. The molecule has 91 valence electrons. The highest BCUT2D eigenvalue weighted by molar-refractivity contribution is 5.03. The Hall–Kier alpha value is -0.600. The first-order valence-electron chi connectivity index (χ1n) is 6.33. The molecule has 0 N–H and O–H groups in total.